The molecule has 4 nitrogen and oxygen atoms in total. The molecular weight excluding hydrogens is 264 g/mol. The first-order valence-corrected chi connectivity index (χ1v) is 8.20. The Morgan fingerprint density at radius 2 is 2.14 bits per heavy atom. The van der Waals surface area contributed by atoms with E-state index in [9.17, 15) is 0 Å². The largest absolute Gasteiger partial charge is 0.486 e. The topological polar surface area (TPSA) is 33.7 Å². The number of hydrogen-bond acceptors (Lipinski definition) is 4. The number of para-hydroxylation sites is 2. The molecule has 21 heavy (non-hydrogen) atoms. The molecule has 3 rings (SSSR count). The lowest BCUT2D eigenvalue weighted by molar-refractivity contribution is 0.0404. The summed E-state index contributed by atoms with van der Waals surface area (Å²) in [5, 5.41) is 3.51. The summed E-state index contributed by atoms with van der Waals surface area (Å²) in [5.74, 6) is 1.75. The third-order valence-corrected chi connectivity index (χ3v) is 4.30. The Hall–Kier alpha value is -1.26. The monoisotopic (exact) mass is 290 g/mol. The van der Waals surface area contributed by atoms with Crippen LogP contribution in [0.2, 0.25) is 0 Å². The first-order chi connectivity index (χ1) is 10.4. The van der Waals surface area contributed by atoms with Crippen molar-refractivity contribution < 1.29 is 9.47 Å². The molecule has 0 bridgehead atoms. The van der Waals surface area contributed by atoms with Gasteiger partial charge in [0.2, 0.25) is 0 Å². The Kier molecular flexibility index (Phi) is 4.99. The minimum atomic E-state index is 0.133. The summed E-state index contributed by atoms with van der Waals surface area (Å²) in [6.07, 6.45) is 3.88. The number of nitrogens with zero attached hydrogens (tertiary/aromatic N) is 1. The quantitative estimate of drug-likeness (QED) is 0.902. The molecule has 2 atom stereocenters. The van der Waals surface area contributed by atoms with Crippen LogP contribution in [0.4, 0.5) is 0 Å². The van der Waals surface area contributed by atoms with Gasteiger partial charge in [-0.05, 0) is 44.5 Å². The number of fused-ring (bicyclic) bond motifs is 1. The Morgan fingerprint density at radius 3 is 2.90 bits per heavy atom. The maximum absolute atomic E-state index is 6.11. The molecule has 1 saturated heterocycles. The number of hydrogen-bond donors (Lipinski definition) is 1. The second kappa shape index (κ2) is 7.14. The van der Waals surface area contributed by atoms with E-state index in [-0.39, 0.29) is 6.10 Å². The second-order valence-corrected chi connectivity index (χ2v) is 5.99. The number of piperidine rings is 1. The first-order valence-electron chi connectivity index (χ1n) is 8.20. The van der Waals surface area contributed by atoms with Gasteiger partial charge in [0, 0.05) is 19.1 Å². The van der Waals surface area contributed by atoms with Crippen LogP contribution in [-0.2, 0) is 0 Å². The normalized spacial score (nSPS) is 25.0. The highest BCUT2D eigenvalue weighted by Crippen LogP contribution is 2.31. The summed E-state index contributed by atoms with van der Waals surface area (Å²) in [6.45, 7) is 7.24. The Balaban J connectivity index is 1.61. The van der Waals surface area contributed by atoms with Crippen LogP contribution >= 0.6 is 0 Å². The van der Waals surface area contributed by atoms with E-state index in [1.165, 1.54) is 19.3 Å². The maximum Gasteiger partial charge on any atom is 0.161 e. The van der Waals surface area contributed by atoms with Crippen LogP contribution < -0.4 is 14.8 Å². The summed E-state index contributed by atoms with van der Waals surface area (Å²) in [4.78, 5) is 2.58. The van der Waals surface area contributed by atoms with Crippen LogP contribution in [-0.4, -0.2) is 49.8 Å². The van der Waals surface area contributed by atoms with Gasteiger partial charge in [-0.1, -0.05) is 19.1 Å². The average molecular weight is 290 g/mol. The van der Waals surface area contributed by atoms with Gasteiger partial charge >= 0.3 is 0 Å². The van der Waals surface area contributed by atoms with Gasteiger partial charge in [0.15, 0.2) is 11.5 Å². The van der Waals surface area contributed by atoms with E-state index >= 15 is 0 Å². The lowest BCUT2D eigenvalue weighted by Gasteiger charge is -2.37. The first kappa shape index (κ1) is 14.7. The minimum Gasteiger partial charge on any atom is -0.486 e. The summed E-state index contributed by atoms with van der Waals surface area (Å²) in [5.41, 5.74) is 0. The predicted octanol–water partition coefficient (Wildman–Crippen LogP) is 2.29. The molecule has 1 aromatic carbocycles. The van der Waals surface area contributed by atoms with Crippen molar-refractivity contribution in [3.8, 4) is 11.5 Å². The Labute approximate surface area is 127 Å². The van der Waals surface area contributed by atoms with Crippen molar-refractivity contribution >= 4 is 0 Å². The van der Waals surface area contributed by atoms with Gasteiger partial charge in [-0.25, -0.2) is 0 Å². The van der Waals surface area contributed by atoms with E-state index in [2.05, 4.69) is 17.1 Å². The van der Waals surface area contributed by atoms with E-state index in [1.807, 2.05) is 24.3 Å². The van der Waals surface area contributed by atoms with E-state index in [4.69, 9.17) is 9.47 Å². The fraction of sp³-hybridized carbons (Fsp3) is 0.647. The highest BCUT2D eigenvalue weighted by Gasteiger charge is 2.27. The molecule has 1 fully saturated rings. The molecule has 0 aromatic heterocycles. The van der Waals surface area contributed by atoms with Gasteiger partial charge in [0.1, 0.15) is 12.7 Å². The molecule has 0 spiro atoms. The van der Waals surface area contributed by atoms with E-state index in [1.54, 1.807) is 0 Å². The lowest BCUT2D eigenvalue weighted by atomic mass is 10.0. The zero-order chi connectivity index (χ0) is 14.5. The predicted molar refractivity (Wildman–Crippen MR) is 84.1 cm³/mol. The molecule has 2 aliphatic rings. The summed E-state index contributed by atoms with van der Waals surface area (Å²) >= 11 is 0. The SMILES string of the molecule is CCCN(CC1COc2ccccc2O1)C1CCCNC1. The van der Waals surface area contributed by atoms with Crippen molar-refractivity contribution in [2.45, 2.75) is 38.3 Å². The fourth-order valence-corrected chi connectivity index (χ4v) is 3.27. The highest BCUT2D eigenvalue weighted by atomic mass is 16.6. The molecule has 2 heterocycles. The van der Waals surface area contributed by atoms with Gasteiger partial charge in [-0.3, -0.25) is 4.90 Å². The van der Waals surface area contributed by atoms with Gasteiger partial charge in [-0.15, -0.1) is 0 Å². The molecule has 0 saturated carbocycles. The van der Waals surface area contributed by atoms with Crippen LogP contribution in [0.25, 0.3) is 0 Å². The molecule has 0 radical (unpaired) electrons. The molecule has 116 valence electrons. The molecule has 4 heteroatoms. The number of benzene rings is 1. The Morgan fingerprint density at radius 1 is 1.29 bits per heavy atom. The fourth-order valence-electron chi connectivity index (χ4n) is 3.27. The molecule has 0 amide bonds. The summed E-state index contributed by atoms with van der Waals surface area (Å²) in [6, 6.07) is 8.59. The lowest BCUT2D eigenvalue weighted by Crippen LogP contribution is -2.51. The van der Waals surface area contributed by atoms with E-state index < -0.39 is 0 Å². The molecule has 1 aromatic rings. The zero-order valence-electron chi connectivity index (χ0n) is 12.9. The van der Waals surface area contributed by atoms with Crippen LogP contribution in [0.15, 0.2) is 24.3 Å². The standard InChI is InChI=1S/C17H26N2O2/c1-2-10-19(14-6-5-9-18-11-14)12-15-13-20-16-7-3-4-8-17(16)21-15/h3-4,7-8,14-15,18H,2,5-6,9-13H2,1H3. The second-order valence-electron chi connectivity index (χ2n) is 5.99. The average Bonchev–Trinajstić information content (AvgIpc) is 2.55. The third-order valence-electron chi connectivity index (χ3n) is 4.30. The van der Waals surface area contributed by atoms with Crippen LogP contribution in [0.1, 0.15) is 26.2 Å². The molecule has 0 aliphatic carbocycles. The minimum absolute atomic E-state index is 0.133. The van der Waals surface area contributed by atoms with Crippen LogP contribution in [0.3, 0.4) is 0 Å². The van der Waals surface area contributed by atoms with E-state index in [0.29, 0.717) is 12.6 Å². The van der Waals surface area contributed by atoms with Crippen molar-refractivity contribution in [3.05, 3.63) is 24.3 Å². The van der Waals surface area contributed by atoms with Crippen molar-refractivity contribution in [1.29, 1.82) is 0 Å². The van der Waals surface area contributed by atoms with Crippen molar-refractivity contribution in [2.75, 3.05) is 32.8 Å². The highest BCUT2D eigenvalue weighted by molar-refractivity contribution is 5.40. The number of rotatable bonds is 5. The van der Waals surface area contributed by atoms with Crippen molar-refractivity contribution in [1.82, 2.24) is 10.2 Å². The molecule has 1 N–H and O–H groups in total. The Bertz CT molecular complexity index is 446. The summed E-state index contributed by atoms with van der Waals surface area (Å²) < 4.78 is 11.9. The van der Waals surface area contributed by atoms with Gasteiger partial charge < -0.3 is 14.8 Å². The van der Waals surface area contributed by atoms with E-state index in [0.717, 1.165) is 37.7 Å². The summed E-state index contributed by atoms with van der Waals surface area (Å²) in [7, 11) is 0. The van der Waals surface area contributed by atoms with Crippen molar-refractivity contribution in [3.63, 3.8) is 0 Å². The van der Waals surface area contributed by atoms with Crippen molar-refractivity contribution in [2.24, 2.45) is 0 Å². The van der Waals surface area contributed by atoms with Gasteiger partial charge in [0.25, 0.3) is 0 Å². The van der Waals surface area contributed by atoms with Gasteiger partial charge in [0.05, 0.1) is 0 Å². The molecule has 2 aliphatic heterocycles. The van der Waals surface area contributed by atoms with Crippen LogP contribution in [0, 0.1) is 0 Å². The van der Waals surface area contributed by atoms with Gasteiger partial charge in [-0.2, -0.15) is 0 Å². The zero-order valence-corrected chi connectivity index (χ0v) is 12.9. The van der Waals surface area contributed by atoms with Crippen LogP contribution in [0.5, 0.6) is 11.5 Å². The number of ether oxygens (including phenoxy) is 2. The number of nitrogens with one attached hydrogen (secondary N) is 1. The smallest absolute Gasteiger partial charge is 0.161 e. The molecule has 2 unspecified atom stereocenters. The maximum atomic E-state index is 6.11. The third kappa shape index (κ3) is 3.69. The molecular formula is C17H26N2O2.